The van der Waals surface area contributed by atoms with Crippen molar-refractivity contribution in [1.82, 2.24) is 19.9 Å². The van der Waals surface area contributed by atoms with Gasteiger partial charge in [0.1, 0.15) is 5.82 Å². The predicted molar refractivity (Wildman–Crippen MR) is 102 cm³/mol. The first-order chi connectivity index (χ1) is 12.6. The molecule has 0 saturated heterocycles. The van der Waals surface area contributed by atoms with Crippen LogP contribution in [0, 0.1) is 13.8 Å². The van der Waals surface area contributed by atoms with E-state index in [0.29, 0.717) is 12.4 Å². The molecule has 0 atom stereocenters. The lowest BCUT2D eigenvalue weighted by Gasteiger charge is -2.28. The molecule has 1 aliphatic rings. The maximum absolute atomic E-state index is 12.5. The van der Waals surface area contributed by atoms with E-state index in [4.69, 9.17) is 4.98 Å². The molecule has 0 aliphatic carbocycles. The number of nitrogens with one attached hydrogen (secondary N) is 1. The van der Waals surface area contributed by atoms with Crippen molar-refractivity contribution >= 4 is 0 Å². The van der Waals surface area contributed by atoms with Gasteiger partial charge in [-0.25, -0.2) is 4.98 Å². The van der Waals surface area contributed by atoms with Crippen LogP contribution in [0.25, 0.3) is 11.4 Å². The Balaban J connectivity index is 1.62. The van der Waals surface area contributed by atoms with E-state index in [9.17, 15) is 4.79 Å². The smallest absolute Gasteiger partial charge is 0.254 e. The quantitative estimate of drug-likeness (QED) is 0.792. The van der Waals surface area contributed by atoms with Gasteiger partial charge in [-0.2, -0.15) is 0 Å². The third-order valence-electron chi connectivity index (χ3n) is 4.99. The minimum atomic E-state index is -0.0276. The summed E-state index contributed by atoms with van der Waals surface area (Å²) in [6.45, 7) is 6.72. The maximum atomic E-state index is 12.5. The molecule has 0 unspecified atom stereocenters. The number of H-pyrrole nitrogens is 1. The van der Waals surface area contributed by atoms with Crippen LogP contribution >= 0.6 is 0 Å². The van der Waals surface area contributed by atoms with Crippen molar-refractivity contribution in [3.63, 3.8) is 0 Å². The monoisotopic (exact) mass is 346 g/mol. The van der Waals surface area contributed by atoms with E-state index in [2.05, 4.69) is 46.9 Å². The van der Waals surface area contributed by atoms with Crippen molar-refractivity contribution in [3.05, 3.63) is 81.0 Å². The number of pyridine rings is 1. The Morgan fingerprint density at radius 1 is 1.23 bits per heavy atom. The van der Waals surface area contributed by atoms with E-state index in [-0.39, 0.29) is 5.56 Å². The average Bonchev–Trinajstić information content (AvgIpc) is 2.65. The Labute approximate surface area is 152 Å². The molecule has 1 N–H and O–H groups in total. The number of hydrogen-bond donors (Lipinski definition) is 1. The first kappa shape index (κ1) is 16.7. The standard InChI is InChI=1S/C21H22N4O/c1-14-5-6-15(2)17(10-14)12-25-9-7-18-19(13-25)23-20(24-21(18)26)16-4-3-8-22-11-16/h3-6,8,10-11H,7,9,12-13H2,1-2H3,(H,23,24,26). The molecule has 0 amide bonds. The molecule has 3 aromatic rings. The number of hydrogen-bond acceptors (Lipinski definition) is 4. The van der Waals surface area contributed by atoms with Crippen molar-refractivity contribution in [2.24, 2.45) is 0 Å². The van der Waals surface area contributed by atoms with Crippen LogP contribution in [0.2, 0.25) is 0 Å². The van der Waals surface area contributed by atoms with Gasteiger partial charge in [0.05, 0.1) is 5.69 Å². The molecule has 4 rings (SSSR count). The van der Waals surface area contributed by atoms with Crippen LogP contribution in [0.1, 0.15) is 27.9 Å². The number of fused-ring (bicyclic) bond motifs is 1. The predicted octanol–water partition coefficient (Wildman–Crippen LogP) is 3.01. The average molecular weight is 346 g/mol. The highest BCUT2D eigenvalue weighted by molar-refractivity contribution is 5.53. The number of benzene rings is 1. The molecular weight excluding hydrogens is 324 g/mol. The normalized spacial score (nSPS) is 14.2. The highest BCUT2D eigenvalue weighted by Gasteiger charge is 2.22. The third kappa shape index (κ3) is 3.30. The van der Waals surface area contributed by atoms with E-state index in [0.717, 1.165) is 36.3 Å². The number of rotatable bonds is 3. The first-order valence-corrected chi connectivity index (χ1v) is 8.91. The minimum Gasteiger partial charge on any atom is -0.306 e. The van der Waals surface area contributed by atoms with Crippen LogP contribution in [0.3, 0.4) is 0 Å². The number of nitrogens with zero attached hydrogens (tertiary/aromatic N) is 3. The fraction of sp³-hybridized carbons (Fsp3) is 0.286. The third-order valence-corrected chi connectivity index (χ3v) is 4.99. The van der Waals surface area contributed by atoms with Gasteiger partial charge in [0, 0.05) is 43.2 Å². The second kappa shape index (κ2) is 6.84. The van der Waals surface area contributed by atoms with Gasteiger partial charge >= 0.3 is 0 Å². The van der Waals surface area contributed by atoms with E-state index in [1.807, 2.05) is 12.1 Å². The van der Waals surface area contributed by atoms with Gasteiger partial charge in [-0.15, -0.1) is 0 Å². The summed E-state index contributed by atoms with van der Waals surface area (Å²) in [7, 11) is 0. The summed E-state index contributed by atoms with van der Waals surface area (Å²) in [6.07, 6.45) is 4.17. The molecule has 0 fully saturated rings. The van der Waals surface area contributed by atoms with Crippen LogP contribution in [0.4, 0.5) is 0 Å². The number of aryl methyl sites for hydroxylation is 2. The fourth-order valence-corrected chi connectivity index (χ4v) is 3.48. The molecule has 0 spiro atoms. The molecule has 3 heterocycles. The van der Waals surface area contributed by atoms with Gasteiger partial charge in [-0.3, -0.25) is 14.7 Å². The summed E-state index contributed by atoms with van der Waals surface area (Å²) in [5.74, 6) is 0.593. The molecule has 1 aliphatic heterocycles. The molecule has 0 bridgehead atoms. The van der Waals surface area contributed by atoms with Gasteiger partial charge in [-0.05, 0) is 43.5 Å². The van der Waals surface area contributed by atoms with Crippen LogP contribution in [0.5, 0.6) is 0 Å². The summed E-state index contributed by atoms with van der Waals surface area (Å²) in [5, 5.41) is 0. The van der Waals surface area contributed by atoms with Gasteiger partial charge in [0.25, 0.3) is 5.56 Å². The Bertz CT molecular complexity index is 995. The van der Waals surface area contributed by atoms with Crippen molar-refractivity contribution in [2.75, 3.05) is 6.54 Å². The number of aromatic amines is 1. The topological polar surface area (TPSA) is 61.9 Å². The van der Waals surface area contributed by atoms with Crippen molar-refractivity contribution in [1.29, 1.82) is 0 Å². The Morgan fingerprint density at radius 3 is 2.92 bits per heavy atom. The van der Waals surface area contributed by atoms with Crippen LogP contribution in [0.15, 0.2) is 47.5 Å². The molecule has 0 saturated carbocycles. The summed E-state index contributed by atoms with van der Waals surface area (Å²) < 4.78 is 0. The van der Waals surface area contributed by atoms with E-state index < -0.39 is 0 Å². The lowest BCUT2D eigenvalue weighted by atomic mass is 10.0. The van der Waals surface area contributed by atoms with E-state index >= 15 is 0 Å². The summed E-state index contributed by atoms with van der Waals surface area (Å²) in [4.78, 5) is 26.6. The van der Waals surface area contributed by atoms with Crippen LogP contribution in [-0.2, 0) is 19.5 Å². The lowest BCUT2D eigenvalue weighted by Crippen LogP contribution is -2.35. The van der Waals surface area contributed by atoms with Gasteiger partial charge in [-0.1, -0.05) is 23.8 Å². The highest BCUT2D eigenvalue weighted by Crippen LogP contribution is 2.21. The zero-order valence-corrected chi connectivity index (χ0v) is 15.1. The van der Waals surface area contributed by atoms with Gasteiger partial charge < -0.3 is 4.98 Å². The zero-order chi connectivity index (χ0) is 18.1. The highest BCUT2D eigenvalue weighted by atomic mass is 16.1. The molecule has 5 nitrogen and oxygen atoms in total. The molecule has 132 valence electrons. The molecular formula is C21H22N4O. The SMILES string of the molecule is Cc1ccc(C)c(CN2CCc3c(nc(-c4cccnc4)[nH]c3=O)C2)c1. The van der Waals surface area contributed by atoms with E-state index in [1.165, 1.54) is 16.7 Å². The molecule has 0 radical (unpaired) electrons. The first-order valence-electron chi connectivity index (χ1n) is 8.91. The maximum Gasteiger partial charge on any atom is 0.254 e. The largest absolute Gasteiger partial charge is 0.306 e. The number of aromatic nitrogens is 3. The van der Waals surface area contributed by atoms with Crippen molar-refractivity contribution in [2.45, 2.75) is 33.4 Å². The van der Waals surface area contributed by atoms with Gasteiger partial charge in [0.2, 0.25) is 0 Å². The van der Waals surface area contributed by atoms with E-state index in [1.54, 1.807) is 12.4 Å². The molecule has 2 aromatic heterocycles. The second-order valence-corrected chi connectivity index (χ2v) is 6.97. The molecule has 5 heteroatoms. The Hall–Kier alpha value is -2.79. The summed E-state index contributed by atoms with van der Waals surface area (Å²) in [5.41, 5.74) is 6.41. The Kier molecular flexibility index (Phi) is 4.39. The second-order valence-electron chi connectivity index (χ2n) is 6.97. The lowest BCUT2D eigenvalue weighted by molar-refractivity contribution is 0.240. The van der Waals surface area contributed by atoms with Gasteiger partial charge in [0.15, 0.2) is 0 Å². The van der Waals surface area contributed by atoms with Crippen molar-refractivity contribution < 1.29 is 0 Å². The summed E-state index contributed by atoms with van der Waals surface area (Å²) >= 11 is 0. The van der Waals surface area contributed by atoms with Crippen LogP contribution in [-0.4, -0.2) is 26.4 Å². The minimum absolute atomic E-state index is 0.0276. The molecule has 26 heavy (non-hydrogen) atoms. The summed E-state index contributed by atoms with van der Waals surface area (Å²) in [6, 6.07) is 10.3. The van der Waals surface area contributed by atoms with Crippen molar-refractivity contribution in [3.8, 4) is 11.4 Å². The Morgan fingerprint density at radius 2 is 2.12 bits per heavy atom. The van der Waals surface area contributed by atoms with Crippen LogP contribution < -0.4 is 5.56 Å². The molecule has 1 aromatic carbocycles. The fourth-order valence-electron chi connectivity index (χ4n) is 3.48. The zero-order valence-electron chi connectivity index (χ0n) is 15.1.